The summed E-state index contributed by atoms with van der Waals surface area (Å²) in [4.78, 5) is 41.1. The smallest absolute Gasteiger partial charge is 0.270 e. The maximum atomic E-state index is 13.6. The third-order valence-electron chi connectivity index (χ3n) is 7.61. The molecule has 1 N–H and O–H groups in total. The zero-order valence-electron chi connectivity index (χ0n) is 21.6. The molecule has 2 saturated heterocycles. The summed E-state index contributed by atoms with van der Waals surface area (Å²) in [5.41, 5.74) is 3.22. The summed E-state index contributed by atoms with van der Waals surface area (Å²) in [5, 5.41) is 13.8. The fourth-order valence-corrected chi connectivity index (χ4v) is 5.74. The van der Waals surface area contributed by atoms with Gasteiger partial charge in [-0.3, -0.25) is 19.7 Å². The van der Waals surface area contributed by atoms with Gasteiger partial charge in [0, 0.05) is 49.7 Å². The molecule has 5 rings (SSSR count). The van der Waals surface area contributed by atoms with E-state index in [0.29, 0.717) is 17.2 Å². The summed E-state index contributed by atoms with van der Waals surface area (Å²) in [6, 6.07) is 19.7. The van der Waals surface area contributed by atoms with Gasteiger partial charge in [0.05, 0.1) is 21.1 Å². The molecule has 2 amide bonds. The molecular formula is C30H31ClN4O4. The van der Waals surface area contributed by atoms with Crippen LogP contribution in [0.3, 0.4) is 0 Å². The van der Waals surface area contributed by atoms with Crippen LogP contribution < -0.4 is 10.2 Å². The molecule has 2 aliphatic rings. The largest absolute Gasteiger partial charge is 0.371 e. The first kappa shape index (κ1) is 26.7. The predicted octanol–water partition coefficient (Wildman–Crippen LogP) is 6.20. The minimum absolute atomic E-state index is 0.00920. The number of piperidine rings is 1. The first-order valence-electron chi connectivity index (χ1n) is 13.4. The van der Waals surface area contributed by atoms with Gasteiger partial charge in [0.2, 0.25) is 0 Å². The van der Waals surface area contributed by atoms with Crippen LogP contribution in [-0.2, 0) is 6.42 Å². The number of nitro groups is 1. The van der Waals surface area contributed by atoms with Crippen LogP contribution >= 0.6 is 11.6 Å². The van der Waals surface area contributed by atoms with E-state index in [2.05, 4.69) is 34.5 Å². The highest BCUT2D eigenvalue weighted by Crippen LogP contribution is 2.32. The van der Waals surface area contributed by atoms with Crippen molar-refractivity contribution in [1.29, 1.82) is 0 Å². The van der Waals surface area contributed by atoms with Crippen LogP contribution in [0, 0.1) is 16.0 Å². The second kappa shape index (κ2) is 11.9. The van der Waals surface area contributed by atoms with E-state index in [4.69, 9.17) is 11.6 Å². The Labute approximate surface area is 232 Å². The zero-order chi connectivity index (χ0) is 27.4. The van der Waals surface area contributed by atoms with Crippen molar-refractivity contribution < 1.29 is 14.5 Å². The van der Waals surface area contributed by atoms with Crippen molar-refractivity contribution in [3.63, 3.8) is 0 Å². The quantitative estimate of drug-likeness (QED) is 0.281. The van der Waals surface area contributed by atoms with Gasteiger partial charge in [-0.2, -0.15) is 0 Å². The van der Waals surface area contributed by atoms with Crippen molar-refractivity contribution in [2.45, 2.75) is 32.1 Å². The fourth-order valence-electron chi connectivity index (χ4n) is 5.48. The number of likely N-dealkylation sites (tertiary alicyclic amines) is 1. The molecule has 9 heteroatoms. The number of non-ortho nitro benzene ring substituents is 1. The summed E-state index contributed by atoms with van der Waals surface area (Å²) in [7, 11) is 0. The number of benzene rings is 3. The van der Waals surface area contributed by atoms with Crippen LogP contribution in [0.4, 0.5) is 17.1 Å². The first-order chi connectivity index (χ1) is 18.9. The van der Waals surface area contributed by atoms with E-state index in [1.165, 1.54) is 17.7 Å². The van der Waals surface area contributed by atoms with E-state index in [9.17, 15) is 19.7 Å². The molecule has 8 nitrogen and oxygen atoms in total. The van der Waals surface area contributed by atoms with Gasteiger partial charge >= 0.3 is 0 Å². The third-order valence-corrected chi connectivity index (χ3v) is 7.92. The van der Waals surface area contributed by atoms with Gasteiger partial charge in [0.1, 0.15) is 0 Å². The van der Waals surface area contributed by atoms with E-state index < -0.39 is 10.8 Å². The Balaban J connectivity index is 1.34. The maximum Gasteiger partial charge on any atom is 0.270 e. The summed E-state index contributed by atoms with van der Waals surface area (Å²) in [5.74, 6) is 0.0775. The Morgan fingerprint density at radius 3 is 2.31 bits per heavy atom. The first-order valence-corrected chi connectivity index (χ1v) is 13.7. The number of carbonyl (C=O) groups is 2. The van der Waals surface area contributed by atoms with E-state index in [1.54, 1.807) is 12.1 Å². The van der Waals surface area contributed by atoms with Crippen LogP contribution in [-0.4, -0.2) is 47.8 Å². The molecule has 2 heterocycles. The monoisotopic (exact) mass is 546 g/mol. The topological polar surface area (TPSA) is 95.8 Å². The van der Waals surface area contributed by atoms with E-state index >= 15 is 0 Å². The van der Waals surface area contributed by atoms with Crippen LogP contribution in [0.2, 0.25) is 5.02 Å². The number of hydrogen-bond acceptors (Lipinski definition) is 5. The molecule has 0 atom stereocenters. The number of rotatable bonds is 7. The number of anilines is 2. The number of nitro benzene ring substituents is 1. The van der Waals surface area contributed by atoms with Crippen LogP contribution in [0.1, 0.15) is 52.0 Å². The molecule has 0 radical (unpaired) electrons. The summed E-state index contributed by atoms with van der Waals surface area (Å²) in [6.45, 7) is 3.18. The number of nitrogens with zero attached hydrogens (tertiary/aromatic N) is 3. The van der Waals surface area contributed by atoms with Crippen LogP contribution in [0.15, 0.2) is 66.7 Å². The number of carbonyl (C=O) groups excluding carboxylic acids is 2. The number of nitrogens with one attached hydrogen (secondary N) is 1. The van der Waals surface area contributed by atoms with Crippen LogP contribution in [0.25, 0.3) is 0 Å². The third kappa shape index (κ3) is 6.23. The van der Waals surface area contributed by atoms with Gasteiger partial charge in [0.25, 0.3) is 17.5 Å². The second-order valence-electron chi connectivity index (χ2n) is 10.2. The lowest BCUT2D eigenvalue weighted by atomic mass is 9.89. The Hall–Kier alpha value is -3.91. The lowest BCUT2D eigenvalue weighted by Gasteiger charge is -2.35. The second-order valence-corrected chi connectivity index (χ2v) is 10.6. The standard InChI is InChI=1S/C30H31ClN4O4/c31-27-20-24(35(38)39)9-10-25(27)29(36)32-23-8-11-28(26(19-23)30(37)34-14-4-5-15-34)33-16-12-22(13-17-33)18-21-6-2-1-3-7-21/h1-3,6-11,19-20,22H,4-5,12-18H2,(H,32,36). The minimum atomic E-state index is -0.562. The minimum Gasteiger partial charge on any atom is -0.371 e. The fraction of sp³-hybridized carbons (Fsp3) is 0.333. The maximum absolute atomic E-state index is 13.6. The molecule has 0 unspecified atom stereocenters. The molecule has 3 aromatic rings. The van der Waals surface area contributed by atoms with Gasteiger partial charge in [-0.1, -0.05) is 41.9 Å². The normalized spacial score (nSPS) is 15.8. The van der Waals surface area contributed by atoms with Gasteiger partial charge in [-0.15, -0.1) is 0 Å². The summed E-state index contributed by atoms with van der Waals surface area (Å²) >= 11 is 6.16. The Morgan fingerprint density at radius 1 is 0.923 bits per heavy atom. The van der Waals surface area contributed by atoms with Crippen molar-refractivity contribution in [1.82, 2.24) is 4.90 Å². The molecule has 202 valence electrons. The molecule has 2 fully saturated rings. The molecule has 0 spiro atoms. The van der Waals surface area contributed by atoms with Crippen molar-refractivity contribution in [2.24, 2.45) is 5.92 Å². The van der Waals surface area contributed by atoms with Crippen molar-refractivity contribution in [3.8, 4) is 0 Å². The molecule has 3 aromatic carbocycles. The average Bonchev–Trinajstić information content (AvgIpc) is 3.49. The molecule has 0 aliphatic carbocycles. The molecule has 0 saturated carbocycles. The number of amides is 2. The highest BCUT2D eigenvalue weighted by Gasteiger charge is 2.27. The number of hydrogen-bond donors (Lipinski definition) is 1. The molecule has 0 bridgehead atoms. The molecule has 2 aliphatic heterocycles. The van der Waals surface area contributed by atoms with Crippen molar-refractivity contribution in [2.75, 3.05) is 36.4 Å². The SMILES string of the molecule is O=C(Nc1ccc(N2CCC(Cc3ccccc3)CC2)c(C(=O)N2CCCC2)c1)c1ccc([N+](=O)[O-])cc1Cl. The Bertz CT molecular complexity index is 1370. The summed E-state index contributed by atoms with van der Waals surface area (Å²) < 4.78 is 0. The molecule has 0 aromatic heterocycles. The molecule has 39 heavy (non-hydrogen) atoms. The van der Waals surface area contributed by atoms with Crippen LogP contribution in [0.5, 0.6) is 0 Å². The van der Waals surface area contributed by atoms with E-state index in [1.807, 2.05) is 17.0 Å². The highest BCUT2D eigenvalue weighted by atomic mass is 35.5. The summed E-state index contributed by atoms with van der Waals surface area (Å²) in [6.07, 6.45) is 5.12. The van der Waals surface area contributed by atoms with Gasteiger partial charge < -0.3 is 15.1 Å². The lowest BCUT2D eigenvalue weighted by Crippen LogP contribution is -2.36. The van der Waals surface area contributed by atoms with Gasteiger partial charge in [-0.25, -0.2) is 0 Å². The zero-order valence-corrected chi connectivity index (χ0v) is 22.4. The van der Waals surface area contributed by atoms with Gasteiger partial charge in [0.15, 0.2) is 0 Å². The van der Waals surface area contributed by atoms with Crippen molar-refractivity contribution in [3.05, 3.63) is 98.6 Å². The number of halogens is 1. The van der Waals surface area contributed by atoms with E-state index in [0.717, 1.165) is 70.0 Å². The van der Waals surface area contributed by atoms with E-state index in [-0.39, 0.29) is 22.2 Å². The average molecular weight is 547 g/mol. The van der Waals surface area contributed by atoms with Crippen molar-refractivity contribution >= 4 is 40.5 Å². The Morgan fingerprint density at radius 2 is 1.64 bits per heavy atom. The lowest BCUT2D eigenvalue weighted by molar-refractivity contribution is -0.384. The predicted molar refractivity (Wildman–Crippen MR) is 153 cm³/mol. The highest BCUT2D eigenvalue weighted by molar-refractivity contribution is 6.34. The van der Waals surface area contributed by atoms with Gasteiger partial charge in [-0.05, 0) is 67.9 Å². The Kier molecular flexibility index (Phi) is 8.12. The molecular weight excluding hydrogens is 516 g/mol.